The van der Waals surface area contributed by atoms with E-state index < -0.39 is 0 Å². The topological polar surface area (TPSA) is 53.6 Å². The molecule has 0 bridgehead atoms. The predicted octanol–water partition coefficient (Wildman–Crippen LogP) is 2.57. The highest BCUT2D eigenvalue weighted by Gasteiger charge is 2.01. The van der Waals surface area contributed by atoms with Gasteiger partial charge in [0.05, 0.1) is 17.4 Å². The number of nitrogens with one attached hydrogen (secondary N) is 2. The van der Waals surface area contributed by atoms with Crippen LogP contribution in [0.5, 0.6) is 0 Å². The first-order valence-corrected chi connectivity index (χ1v) is 5.48. The van der Waals surface area contributed by atoms with Gasteiger partial charge >= 0.3 is 0 Å². The summed E-state index contributed by atoms with van der Waals surface area (Å²) in [7, 11) is 0. The molecule has 0 radical (unpaired) electrons. The van der Waals surface area contributed by atoms with Crippen LogP contribution in [0.1, 0.15) is 5.56 Å². The van der Waals surface area contributed by atoms with Gasteiger partial charge in [0.15, 0.2) is 0 Å². The third-order valence-electron chi connectivity index (χ3n) is 2.68. The van der Waals surface area contributed by atoms with Crippen molar-refractivity contribution < 1.29 is 0 Å². The second-order valence-corrected chi connectivity index (χ2v) is 3.85. The van der Waals surface area contributed by atoms with E-state index in [1.165, 1.54) is 0 Å². The molecule has 3 rings (SSSR count). The first-order valence-electron chi connectivity index (χ1n) is 5.48. The van der Waals surface area contributed by atoms with E-state index in [4.69, 9.17) is 0 Å². The fourth-order valence-corrected chi connectivity index (χ4v) is 1.82. The van der Waals surface area contributed by atoms with Gasteiger partial charge in [0.1, 0.15) is 0 Å². The molecule has 0 fully saturated rings. The standard InChI is InChI=1S/C13H12N4/c1-4-11-9-16-17-13(11)12(5-1)15-8-10-3-2-6-14-7-10/h1-7,9,15H,8H2,(H,16,17). The van der Waals surface area contributed by atoms with Crippen LogP contribution in [0.15, 0.2) is 48.9 Å². The number of hydrogen-bond acceptors (Lipinski definition) is 3. The van der Waals surface area contributed by atoms with Gasteiger partial charge in [0.25, 0.3) is 0 Å². The Morgan fingerprint density at radius 2 is 2.12 bits per heavy atom. The fourth-order valence-electron chi connectivity index (χ4n) is 1.82. The maximum atomic E-state index is 4.09. The average molecular weight is 224 g/mol. The molecule has 0 unspecified atom stereocenters. The molecule has 2 N–H and O–H groups in total. The molecular formula is C13H12N4. The maximum Gasteiger partial charge on any atom is 0.0881 e. The molecular weight excluding hydrogens is 212 g/mol. The Balaban J connectivity index is 1.84. The zero-order valence-corrected chi connectivity index (χ0v) is 9.22. The smallest absolute Gasteiger partial charge is 0.0881 e. The highest BCUT2D eigenvalue weighted by molar-refractivity contribution is 5.89. The second-order valence-electron chi connectivity index (χ2n) is 3.85. The van der Waals surface area contributed by atoms with Gasteiger partial charge in [-0.2, -0.15) is 5.10 Å². The SMILES string of the molecule is c1cncc(CNc2cccc3cn[nH]c23)c1. The minimum Gasteiger partial charge on any atom is -0.379 e. The van der Waals surface area contributed by atoms with Crippen LogP contribution in [0.3, 0.4) is 0 Å². The van der Waals surface area contributed by atoms with E-state index in [0.717, 1.165) is 28.7 Å². The molecule has 0 atom stereocenters. The lowest BCUT2D eigenvalue weighted by Gasteiger charge is -2.06. The van der Waals surface area contributed by atoms with Crippen LogP contribution in [0, 0.1) is 0 Å². The van der Waals surface area contributed by atoms with Crippen LogP contribution in [-0.4, -0.2) is 15.2 Å². The summed E-state index contributed by atoms with van der Waals surface area (Å²) in [4.78, 5) is 4.09. The summed E-state index contributed by atoms with van der Waals surface area (Å²) in [6.45, 7) is 0.756. The van der Waals surface area contributed by atoms with Gasteiger partial charge in [0.2, 0.25) is 0 Å². The number of hydrogen-bond donors (Lipinski definition) is 2. The second kappa shape index (κ2) is 4.25. The lowest BCUT2D eigenvalue weighted by Crippen LogP contribution is -2.00. The van der Waals surface area contributed by atoms with Gasteiger partial charge in [-0.15, -0.1) is 0 Å². The highest BCUT2D eigenvalue weighted by atomic mass is 15.1. The van der Waals surface area contributed by atoms with Crippen LogP contribution in [0.2, 0.25) is 0 Å². The number of fused-ring (bicyclic) bond motifs is 1. The largest absolute Gasteiger partial charge is 0.379 e. The molecule has 0 aliphatic rings. The number of H-pyrrole nitrogens is 1. The van der Waals surface area contributed by atoms with E-state index in [2.05, 4.69) is 20.5 Å². The van der Waals surface area contributed by atoms with E-state index in [-0.39, 0.29) is 0 Å². The van der Waals surface area contributed by atoms with Crippen molar-refractivity contribution >= 4 is 16.6 Å². The van der Waals surface area contributed by atoms with Crippen LogP contribution < -0.4 is 5.32 Å². The number of rotatable bonds is 3. The molecule has 1 aromatic carbocycles. The van der Waals surface area contributed by atoms with E-state index in [1.54, 1.807) is 6.20 Å². The highest BCUT2D eigenvalue weighted by Crippen LogP contribution is 2.20. The number of pyridine rings is 1. The predicted molar refractivity (Wildman–Crippen MR) is 67.7 cm³/mol. The van der Waals surface area contributed by atoms with Crippen molar-refractivity contribution in [2.75, 3.05) is 5.32 Å². The summed E-state index contributed by atoms with van der Waals surface area (Å²) >= 11 is 0. The quantitative estimate of drug-likeness (QED) is 0.719. The van der Waals surface area contributed by atoms with Crippen molar-refractivity contribution in [2.24, 2.45) is 0 Å². The molecule has 0 amide bonds. The number of aromatic nitrogens is 3. The molecule has 4 nitrogen and oxygen atoms in total. The molecule has 2 aromatic heterocycles. The zero-order chi connectivity index (χ0) is 11.5. The van der Waals surface area contributed by atoms with E-state index >= 15 is 0 Å². The number of nitrogens with zero attached hydrogens (tertiary/aromatic N) is 2. The van der Waals surface area contributed by atoms with Gasteiger partial charge in [-0.05, 0) is 17.7 Å². The van der Waals surface area contributed by atoms with Crippen molar-refractivity contribution in [1.82, 2.24) is 15.2 Å². The van der Waals surface area contributed by atoms with Crippen molar-refractivity contribution in [3.05, 3.63) is 54.5 Å². The van der Waals surface area contributed by atoms with Gasteiger partial charge in [-0.25, -0.2) is 0 Å². The van der Waals surface area contributed by atoms with E-state index in [1.807, 2.05) is 42.7 Å². The van der Waals surface area contributed by atoms with E-state index in [9.17, 15) is 0 Å². The average Bonchev–Trinajstić information content (AvgIpc) is 2.86. The number of benzene rings is 1. The Bertz CT molecular complexity index is 615. The van der Waals surface area contributed by atoms with Crippen molar-refractivity contribution in [1.29, 1.82) is 0 Å². The fraction of sp³-hybridized carbons (Fsp3) is 0.0769. The summed E-state index contributed by atoms with van der Waals surface area (Å²) in [5.74, 6) is 0. The van der Waals surface area contributed by atoms with Crippen molar-refractivity contribution in [3.8, 4) is 0 Å². The summed E-state index contributed by atoms with van der Waals surface area (Å²) in [5, 5.41) is 11.5. The Morgan fingerprint density at radius 3 is 3.00 bits per heavy atom. The third-order valence-corrected chi connectivity index (χ3v) is 2.68. The molecule has 0 aliphatic carbocycles. The summed E-state index contributed by atoms with van der Waals surface area (Å²) in [6, 6.07) is 10.1. The minimum absolute atomic E-state index is 0.756. The summed E-state index contributed by atoms with van der Waals surface area (Å²) in [6.07, 6.45) is 5.46. The minimum atomic E-state index is 0.756. The molecule has 84 valence electrons. The number of para-hydroxylation sites is 1. The van der Waals surface area contributed by atoms with Crippen LogP contribution in [0.4, 0.5) is 5.69 Å². The van der Waals surface area contributed by atoms with Crippen LogP contribution in [0.25, 0.3) is 10.9 Å². The first-order chi connectivity index (χ1) is 8.43. The van der Waals surface area contributed by atoms with Gasteiger partial charge < -0.3 is 5.32 Å². The van der Waals surface area contributed by atoms with E-state index in [0.29, 0.717) is 0 Å². The Labute approximate surface area is 98.7 Å². The van der Waals surface area contributed by atoms with Gasteiger partial charge in [0, 0.05) is 24.3 Å². The number of aromatic amines is 1. The normalized spacial score (nSPS) is 10.6. The summed E-state index contributed by atoms with van der Waals surface area (Å²) in [5.41, 5.74) is 3.25. The monoisotopic (exact) mass is 224 g/mol. The molecule has 2 heterocycles. The molecule has 4 heteroatoms. The molecule has 0 aliphatic heterocycles. The van der Waals surface area contributed by atoms with Gasteiger partial charge in [-0.1, -0.05) is 18.2 Å². The van der Waals surface area contributed by atoms with Crippen LogP contribution >= 0.6 is 0 Å². The van der Waals surface area contributed by atoms with Gasteiger partial charge in [-0.3, -0.25) is 10.1 Å². The molecule has 17 heavy (non-hydrogen) atoms. The molecule has 0 spiro atoms. The molecule has 0 saturated carbocycles. The Hall–Kier alpha value is -2.36. The lowest BCUT2D eigenvalue weighted by atomic mass is 10.2. The van der Waals surface area contributed by atoms with Crippen molar-refractivity contribution in [2.45, 2.75) is 6.54 Å². The first kappa shape index (κ1) is 9.84. The zero-order valence-electron chi connectivity index (χ0n) is 9.22. The number of anilines is 1. The summed E-state index contributed by atoms with van der Waals surface area (Å²) < 4.78 is 0. The molecule has 0 saturated heterocycles. The maximum absolute atomic E-state index is 4.09. The Morgan fingerprint density at radius 1 is 1.12 bits per heavy atom. The Kier molecular flexibility index (Phi) is 2.46. The molecule has 3 aromatic rings. The third kappa shape index (κ3) is 1.97. The van der Waals surface area contributed by atoms with Crippen LogP contribution in [-0.2, 0) is 6.54 Å². The van der Waals surface area contributed by atoms with Crippen molar-refractivity contribution in [3.63, 3.8) is 0 Å². The lowest BCUT2D eigenvalue weighted by molar-refractivity contribution is 1.10.